The van der Waals surface area contributed by atoms with Crippen LogP contribution in [0.5, 0.6) is 0 Å². The van der Waals surface area contributed by atoms with Crippen molar-refractivity contribution in [1.82, 2.24) is 9.97 Å². The van der Waals surface area contributed by atoms with E-state index in [1.807, 2.05) is 0 Å². The van der Waals surface area contributed by atoms with E-state index in [4.69, 9.17) is 9.47 Å². The van der Waals surface area contributed by atoms with E-state index in [1.165, 1.54) is 19.5 Å². The van der Waals surface area contributed by atoms with Crippen LogP contribution in [0, 0.1) is 0 Å². The van der Waals surface area contributed by atoms with Gasteiger partial charge in [-0.15, -0.1) is 0 Å². The summed E-state index contributed by atoms with van der Waals surface area (Å²) in [5, 5.41) is 29.3. The number of aliphatic hydroxyl groups excluding tert-OH is 3. The van der Waals surface area contributed by atoms with E-state index in [2.05, 4.69) is 14.7 Å². The second kappa shape index (κ2) is 7.47. The molecule has 0 radical (unpaired) electrons. The van der Waals surface area contributed by atoms with Crippen LogP contribution in [0.25, 0.3) is 0 Å². The maximum absolute atomic E-state index is 12.0. The monoisotopic (exact) mass is 349 g/mol. The minimum absolute atomic E-state index is 0.0668. The number of nitrogens with one attached hydrogen (secondary N) is 1. The Morgan fingerprint density at radius 1 is 1.22 bits per heavy atom. The Kier molecular flexibility index (Phi) is 5.84. The zero-order valence-corrected chi connectivity index (χ0v) is 13.1. The van der Waals surface area contributed by atoms with Crippen molar-refractivity contribution >= 4 is 16.0 Å². The largest absolute Gasteiger partial charge is 0.388 e. The van der Waals surface area contributed by atoms with Gasteiger partial charge in [0.15, 0.2) is 6.29 Å². The molecule has 11 heteroatoms. The Hall–Kier alpha value is -1.37. The quantitative estimate of drug-likeness (QED) is 0.460. The summed E-state index contributed by atoms with van der Waals surface area (Å²) in [4.78, 5) is 7.49. The number of methoxy groups -OCH3 is 1. The summed E-state index contributed by atoms with van der Waals surface area (Å²) in [6.45, 7) is 0. The van der Waals surface area contributed by atoms with Crippen molar-refractivity contribution in [2.45, 2.75) is 37.1 Å². The molecule has 0 unspecified atom stereocenters. The molecule has 23 heavy (non-hydrogen) atoms. The van der Waals surface area contributed by atoms with E-state index in [9.17, 15) is 23.7 Å². The van der Waals surface area contributed by atoms with Gasteiger partial charge in [-0.05, 0) is 12.5 Å². The molecule has 4 N–H and O–H groups in total. The zero-order valence-electron chi connectivity index (χ0n) is 12.3. The minimum Gasteiger partial charge on any atom is -0.388 e. The van der Waals surface area contributed by atoms with E-state index in [-0.39, 0.29) is 12.4 Å². The first kappa shape index (κ1) is 18.0. The lowest BCUT2D eigenvalue weighted by molar-refractivity contribution is -0.289. The van der Waals surface area contributed by atoms with Gasteiger partial charge in [-0.25, -0.2) is 18.4 Å². The molecule has 0 saturated carbocycles. The van der Waals surface area contributed by atoms with Crippen LogP contribution in [0.2, 0.25) is 0 Å². The van der Waals surface area contributed by atoms with E-state index >= 15 is 0 Å². The maximum Gasteiger partial charge on any atom is 0.236 e. The third kappa shape index (κ3) is 4.56. The van der Waals surface area contributed by atoms with Crippen molar-refractivity contribution < 1.29 is 33.2 Å². The standard InChI is InChI=1S/C12H19N3O7S/c1-21-11-10(18)9(17)8(16)7(22-11)3-6-23(19,20)15-12-13-4-2-5-14-12/h2,4-5,7-11,16-18H,3,6H2,1H3,(H,13,14,15)/t7-,8-,9+,10+,11-/m1/s1. The van der Waals surface area contributed by atoms with Crippen molar-refractivity contribution in [3.05, 3.63) is 18.5 Å². The van der Waals surface area contributed by atoms with Crippen LogP contribution < -0.4 is 4.72 Å². The van der Waals surface area contributed by atoms with Crippen molar-refractivity contribution in [1.29, 1.82) is 0 Å². The molecule has 1 aromatic heterocycles. The summed E-state index contributed by atoms with van der Waals surface area (Å²) in [6.07, 6.45) is -3.84. The van der Waals surface area contributed by atoms with Crippen LogP contribution in [-0.2, 0) is 19.5 Å². The summed E-state index contributed by atoms with van der Waals surface area (Å²) in [7, 11) is -2.50. The highest BCUT2D eigenvalue weighted by Crippen LogP contribution is 2.24. The summed E-state index contributed by atoms with van der Waals surface area (Å²) in [5.41, 5.74) is 0. The zero-order chi connectivity index (χ0) is 17.0. The molecule has 5 atom stereocenters. The Morgan fingerprint density at radius 2 is 1.87 bits per heavy atom. The molecule has 1 aliphatic rings. The Labute approximate surface area is 133 Å². The molecule has 0 aromatic carbocycles. The summed E-state index contributed by atoms with van der Waals surface area (Å²) in [5.74, 6) is -0.463. The average Bonchev–Trinajstić information content (AvgIpc) is 2.52. The number of hydrogen-bond acceptors (Lipinski definition) is 9. The Morgan fingerprint density at radius 3 is 2.48 bits per heavy atom. The lowest BCUT2D eigenvalue weighted by Crippen LogP contribution is -2.58. The molecule has 130 valence electrons. The summed E-state index contributed by atoms with van der Waals surface area (Å²) in [6, 6.07) is 1.54. The summed E-state index contributed by atoms with van der Waals surface area (Å²) >= 11 is 0. The number of rotatable bonds is 6. The van der Waals surface area contributed by atoms with Gasteiger partial charge in [-0.2, -0.15) is 0 Å². The van der Waals surface area contributed by atoms with Crippen LogP contribution >= 0.6 is 0 Å². The van der Waals surface area contributed by atoms with Crippen molar-refractivity contribution in [2.75, 3.05) is 17.6 Å². The predicted octanol–water partition coefficient (Wildman–Crippen LogP) is -1.94. The number of ether oxygens (including phenoxy) is 2. The molecule has 0 amide bonds. The van der Waals surface area contributed by atoms with Crippen LogP contribution in [0.1, 0.15) is 6.42 Å². The third-order valence-corrected chi connectivity index (χ3v) is 4.65. The number of aromatic nitrogens is 2. The fraction of sp³-hybridized carbons (Fsp3) is 0.667. The number of anilines is 1. The average molecular weight is 349 g/mol. The van der Waals surface area contributed by atoms with Gasteiger partial charge in [0.25, 0.3) is 0 Å². The van der Waals surface area contributed by atoms with Gasteiger partial charge in [-0.1, -0.05) is 0 Å². The lowest BCUT2D eigenvalue weighted by Gasteiger charge is -2.39. The van der Waals surface area contributed by atoms with E-state index < -0.39 is 46.5 Å². The van der Waals surface area contributed by atoms with Gasteiger partial charge in [0.1, 0.15) is 18.3 Å². The minimum atomic E-state index is -3.76. The van der Waals surface area contributed by atoms with Crippen molar-refractivity contribution in [3.63, 3.8) is 0 Å². The Balaban J connectivity index is 1.96. The van der Waals surface area contributed by atoms with Crippen molar-refractivity contribution in [3.8, 4) is 0 Å². The molecule has 0 spiro atoms. The van der Waals surface area contributed by atoms with Gasteiger partial charge in [0, 0.05) is 19.5 Å². The smallest absolute Gasteiger partial charge is 0.236 e. The molecule has 1 aliphatic heterocycles. The van der Waals surface area contributed by atoms with Gasteiger partial charge >= 0.3 is 0 Å². The molecule has 2 rings (SSSR count). The van der Waals surface area contributed by atoms with Gasteiger partial charge in [0.2, 0.25) is 16.0 Å². The van der Waals surface area contributed by atoms with E-state index in [1.54, 1.807) is 6.07 Å². The maximum atomic E-state index is 12.0. The lowest BCUT2D eigenvalue weighted by atomic mass is 9.97. The van der Waals surface area contributed by atoms with Gasteiger partial charge in [-0.3, -0.25) is 4.72 Å². The fourth-order valence-corrected chi connectivity index (χ4v) is 3.19. The van der Waals surface area contributed by atoms with Gasteiger partial charge in [0.05, 0.1) is 11.9 Å². The molecular weight excluding hydrogens is 330 g/mol. The van der Waals surface area contributed by atoms with Crippen LogP contribution in [0.15, 0.2) is 18.5 Å². The number of hydrogen-bond donors (Lipinski definition) is 4. The molecule has 0 bridgehead atoms. The van der Waals surface area contributed by atoms with E-state index in [0.717, 1.165) is 0 Å². The number of nitrogens with zero attached hydrogens (tertiary/aromatic N) is 2. The first-order chi connectivity index (χ1) is 10.8. The molecule has 1 aromatic rings. The molecule has 1 fully saturated rings. The fourth-order valence-electron chi connectivity index (χ4n) is 2.16. The van der Waals surface area contributed by atoms with Gasteiger partial charge < -0.3 is 24.8 Å². The second-order valence-corrected chi connectivity index (χ2v) is 6.87. The highest BCUT2D eigenvalue weighted by atomic mass is 32.2. The topological polar surface area (TPSA) is 151 Å². The van der Waals surface area contributed by atoms with E-state index in [0.29, 0.717) is 0 Å². The molecule has 2 heterocycles. The normalized spacial score (nSPS) is 31.7. The first-order valence-electron chi connectivity index (χ1n) is 6.84. The Bertz CT molecular complexity index is 598. The van der Waals surface area contributed by atoms with Crippen LogP contribution in [-0.4, -0.2) is 77.3 Å². The second-order valence-electron chi connectivity index (χ2n) is 5.03. The first-order valence-corrected chi connectivity index (χ1v) is 8.49. The predicted molar refractivity (Wildman–Crippen MR) is 77.7 cm³/mol. The number of sulfonamides is 1. The molecule has 0 aliphatic carbocycles. The summed E-state index contributed by atoms with van der Waals surface area (Å²) < 4.78 is 36.3. The number of aliphatic hydroxyl groups is 3. The highest BCUT2D eigenvalue weighted by Gasteiger charge is 2.44. The SMILES string of the molecule is CO[C@@H]1O[C@H](CCS(=O)(=O)Nc2ncccn2)[C@@H](O)[C@H](O)[C@@H]1O. The third-order valence-electron chi connectivity index (χ3n) is 3.38. The molecule has 1 saturated heterocycles. The van der Waals surface area contributed by atoms with Crippen molar-refractivity contribution in [2.24, 2.45) is 0 Å². The van der Waals surface area contributed by atoms with Crippen LogP contribution in [0.4, 0.5) is 5.95 Å². The molecule has 10 nitrogen and oxygen atoms in total. The van der Waals surface area contributed by atoms with Crippen LogP contribution in [0.3, 0.4) is 0 Å². The highest BCUT2D eigenvalue weighted by molar-refractivity contribution is 7.92. The molecular formula is C12H19N3O7S.